The second kappa shape index (κ2) is 6.12. The Morgan fingerprint density at radius 3 is 2.81 bits per heavy atom. The third-order valence-electron chi connectivity index (χ3n) is 3.89. The van der Waals surface area contributed by atoms with E-state index in [1.165, 1.54) is 29.0 Å². The van der Waals surface area contributed by atoms with Crippen LogP contribution < -0.4 is 10.2 Å². The van der Waals surface area contributed by atoms with Crippen LogP contribution in [-0.2, 0) is 13.1 Å². The zero-order valence-electron chi connectivity index (χ0n) is 12.9. The van der Waals surface area contributed by atoms with Crippen molar-refractivity contribution < 1.29 is 0 Å². The van der Waals surface area contributed by atoms with E-state index in [0.29, 0.717) is 6.04 Å². The van der Waals surface area contributed by atoms with Crippen molar-refractivity contribution in [3.63, 3.8) is 0 Å². The molecule has 3 rings (SSSR count). The van der Waals surface area contributed by atoms with Gasteiger partial charge in [-0.25, -0.2) is 4.98 Å². The standard InChI is InChI=1S/C16H22N4S/c1-11-6-15(13(7-17-11)8-18-14-4-5-14)20(3)9-16-12(2)19-10-21-16/h6-7,10,14,18H,4-5,8-9H2,1-3H3. The molecule has 4 nitrogen and oxygen atoms in total. The van der Waals surface area contributed by atoms with Gasteiger partial charge in [0.05, 0.1) is 17.7 Å². The van der Waals surface area contributed by atoms with Crippen molar-refractivity contribution in [1.82, 2.24) is 15.3 Å². The molecular formula is C16H22N4S. The van der Waals surface area contributed by atoms with Crippen LogP contribution in [0.25, 0.3) is 0 Å². The minimum absolute atomic E-state index is 0.716. The molecule has 0 unspecified atom stereocenters. The molecule has 1 saturated carbocycles. The number of nitrogens with one attached hydrogen (secondary N) is 1. The minimum Gasteiger partial charge on any atom is -0.369 e. The maximum atomic E-state index is 4.46. The van der Waals surface area contributed by atoms with Crippen molar-refractivity contribution in [1.29, 1.82) is 0 Å². The Morgan fingerprint density at radius 2 is 2.14 bits per heavy atom. The van der Waals surface area contributed by atoms with Crippen molar-refractivity contribution in [2.24, 2.45) is 0 Å². The van der Waals surface area contributed by atoms with Gasteiger partial charge in [-0.05, 0) is 32.8 Å². The Kier molecular flexibility index (Phi) is 4.22. The third kappa shape index (κ3) is 3.60. The molecule has 1 aliphatic rings. The van der Waals surface area contributed by atoms with Crippen LogP contribution in [0.15, 0.2) is 17.8 Å². The molecule has 1 aliphatic carbocycles. The number of rotatable bonds is 6. The Balaban J connectivity index is 1.77. The predicted molar refractivity (Wildman–Crippen MR) is 87.8 cm³/mol. The van der Waals surface area contributed by atoms with Gasteiger partial charge in [-0.1, -0.05) is 0 Å². The summed E-state index contributed by atoms with van der Waals surface area (Å²) < 4.78 is 0. The van der Waals surface area contributed by atoms with Gasteiger partial charge in [0.25, 0.3) is 0 Å². The fraction of sp³-hybridized carbons (Fsp3) is 0.500. The van der Waals surface area contributed by atoms with Gasteiger partial charge in [-0.3, -0.25) is 4.98 Å². The fourth-order valence-corrected chi connectivity index (χ4v) is 3.22. The van der Waals surface area contributed by atoms with Gasteiger partial charge < -0.3 is 10.2 Å². The van der Waals surface area contributed by atoms with Crippen LogP contribution in [0.2, 0.25) is 0 Å². The van der Waals surface area contributed by atoms with Crippen LogP contribution in [0, 0.1) is 13.8 Å². The van der Waals surface area contributed by atoms with Crippen LogP contribution in [0.1, 0.15) is 34.7 Å². The lowest BCUT2D eigenvalue weighted by atomic mass is 10.2. The van der Waals surface area contributed by atoms with Gasteiger partial charge in [0.2, 0.25) is 0 Å². The van der Waals surface area contributed by atoms with Crippen molar-refractivity contribution in [2.75, 3.05) is 11.9 Å². The topological polar surface area (TPSA) is 41.1 Å². The van der Waals surface area contributed by atoms with E-state index < -0.39 is 0 Å². The highest BCUT2D eigenvalue weighted by atomic mass is 32.1. The second-order valence-electron chi connectivity index (χ2n) is 5.83. The maximum Gasteiger partial charge on any atom is 0.0798 e. The van der Waals surface area contributed by atoms with Crippen molar-refractivity contribution in [3.8, 4) is 0 Å². The molecule has 112 valence electrons. The summed E-state index contributed by atoms with van der Waals surface area (Å²) in [6, 6.07) is 2.90. The summed E-state index contributed by atoms with van der Waals surface area (Å²) in [7, 11) is 2.15. The predicted octanol–water partition coefficient (Wildman–Crippen LogP) is 3.04. The van der Waals surface area contributed by atoms with E-state index in [9.17, 15) is 0 Å². The van der Waals surface area contributed by atoms with E-state index in [2.05, 4.69) is 40.2 Å². The SMILES string of the molecule is Cc1cc(N(C)Cc2scnc2C)c(CNC2CC2)cn1. The molecule has 1 N–H and O–H groups in total. The summed E-state index contributed by atoms with van der Waals surface area (Å²) in [6.45, 7) is 5.93. The van der Waals surface area contributed by atoms with Crippen molar-refractivity contribution in [3.05, 3.63) is 39.6 Å². The number of aromatic nitrogens is 2. The first-order valence-corrected chi connectivity index (χ1v) is 8.30. The summed E-state index contributed by atoms with van der Waals surface area (Å²) in [4.78, 5) is 12.4. The number of aryl methyl sites for hydroxylation is 2. The third-order valence-corrected chi connectivity index (χ3v) is 4.81. The van der Waals surface area contributed by atoms with E-state index >= 15 is 0 Å². The number of anilines is 1. The summed E-state index contributed by atoms with van der Waals surface area (Å²) >= 11 is 1.73. The summed E-state index contributed by atoms with van der Waals surface area (Å²) in [5.74, 6) is 0. The Morgan fingerprint density at radius 1 is 1.33 bits per heavy atom. The monoisotopic (exact) mass is 302 g/mol. The van der Waals surface area contributed by atoms with Gasteiger partial charge >= 0.3 is 0 Å². The van der Waals surface area contributed by atoms with E-state index in [1.54, 1.807) is 11.3 Å². The normalized spacial score (nSPS) is 14.4. The van der Waals surface area contributed by atoms with Gasteiger partial charge in [0.1, 0.15) is 0 Å². The summed E-state index contributed by atoms with van der Waals surface area (Å²) in [5, 5.41) is 3.58. The lowest BCUT2D eigenvalue weighted by Gasteiger charge is -2.22. The average Bonchev–Trinajstić information content (AvgIpc) is 3.21. The highest BCUT2D eigenvalue weighted by Crippen LogP contribution is 2.25. The molecule has 2 aromatic rings. The first-order valence-electron chi connectivity index (χ1n) is 7.42. The quantitative estimate of drug-likeness (QED) is 0.890. The van der Waals surface area contributed by atoms with E-state index in [4.69, 9.17) is 0 Å². The molecule has 2 heterocycles. The van der Waals surface area contributed by atoms with Crippen LogP contribution in [-0.4, -0.2) is 23.1 Å². The number of thiazole rings is 1. The van der Waals surface area contributed by atoms with Crippen LogP contribution in [0.3, 0.4) is 0 Å². The molecule has 1 fully saturated rings. The van der Waals surface area contributed by atoms with Crippen molar-refractivity contribution >= 4 is 17.0 Å². The first kappa shape index (κ1) is 14.5. The molecule has 0 spiro atoms. The van der Waals surface area contributed by atoms with E-state index in [0.717, 1.165) is 24.5 Å². The second-order valence-corrected chi connectivity index (χ2v) is 6.77. The Labute approximate surface area is 130 Å². The van der Waals surface area contributed by atoms with Gasteiger partial charge in [-0.2, -0.15) is 0 Å². The smallest absolute Gasteiger partial charge is 0.0798 e. The first-order chi connectivity index (χ1) is 10.1. The van der Waals surface area contributed by atoms with Gasteiger partial charge in [0, 0.05) is 47.7 Å². The van der Waals surface area contributed by atoms with Gasteiger partial charge in [0.15, 0.2) is 0 Å². The molecule has 0 amide bonds. The molecule has 0 atom stereocenters. The highest BCUT2D eigenvalue weighted by molar-refractivity contribution is 7.09. The Bertz CT molecular complexity index is 618. The number of nitrogens with zero attached hydrogens (tertiary/aromatic N) is 3. The lowest BCUT2D eigenvalue weighted by molar-refractivity contribution is 0.683. The average molecular weight is 302 g/mol. The summed E-state index contributed by atoms with van der Waals surface area (Å²) in [5.41, 5.74) is 6.66. The molecule has 5 heteroatoms. The minimum atomic E-state index is 0.716. The largest absolute Gasteiger partial charge is 0.369 e. The van der Waals surface area contributed by atoms with Crippen LogP contribution in [0.4, 0.5) is 5.69 Å². The molecule has 2 aromatic heterocycles. The number of hydrogen-bond acceptors (Lipinski definition) is 5. The molecular weight excluding hydrogens is 280 g/mol. The molecule has 21 heavy (non-hydrogen) atoms. The fourth-order valence-electron chi connectivity index (χ4n) is 2.39. The van der Waals surface area contributed by atoms with E-state index in [1.807, 2.05) is 18.6 Å². The highest BCUT2D eigenvalue weighted by Gasteiger charge is 2.21. The Hall–Kier alpha value is -1.46. The molecule has 0 bridgehead atoms. The molecule has 0 saturated heterocycles. The van der Waals surface area contributed by atoms with Crippen molar-refractivity contribution in [2.45, 2.75) is 45.8 Å². The maximum absolute atomic E-state index is 4.46. The van der Waals surface area contributed by atoms with E-state index in [-0.39, 0.29) is 0 Å². The van der Waals surface area contributed by atoms with Gasteiger partial charge in [-0.15, -0.1) is 11.3 Å². The summed E-state index contributed by atoms with van der Waals surface area (Å²) in [6.07, 6.45) is 4.63. The number of pyridine rings is 1. The zero-order valence-corrected chi connectivity index (χ0v) is 13.7. The molecule has 0 aromatic carbocycles. The van der Waals surface area contributed by atoms with Crippen LogP contribution >= 0.6 is 11.3 Å². The molecule has 0 aliphatic heterocycles. The van der Waals surface area contributed by atoms with Crippen LogP contribution in [0.5, 0.6) is 0 Å². The lowest BCUT2D eigenvalue weighted by Crippen LogP contribution is -2.22. The molecule has 0 radical (unpaired) electrons. The zero-order chi connectivity index (χ0) is 14.8. The number of hydrogen-bond donors (Lipinski definition) is 1.